The molecule has 148 valence electrons. The van der Waals surface area contributed by atoms with Gasteiger partial charge in [-0.3, -0.25) is 14.4 Å². The SMILES string of the molecule is CC(C)c1ccc(N2CC[C@H](C(=O)N(CCN(C)C)CC(=O)O)C2=O)cc1. The zero-order valence-electron chi connectivity index (χ0n) is 16.5. The highest BCUT2D eigenvalue weighted by Crippen LogP contribution is 2.28. The molecular formula is C20H29N3O4. The van der Waals surface area contributed by atoms with Gasteiger partial charge in [0, 0.05) is 25.3 Å². The Hall–Kier alpha value is -2.41. The molecule has 0 unspecified atom stereocenters. The van der Waals surface area contributed by atoms with Crippen LogP contribution < -0.4 is 4.90 Å². The number of carbonyl (C=O) groups is 3. The lowest BCUT2D eigenvalue weighted by molar-refractivity contribution is -0.148. The van der Waals surface area contributed by atoms with Crippen LogP contribution in [0, 0.1) is 5.92 Å². The highest BCUT2D eigenvalue weighted by molar-refractivity contribution is 6.10. The molecule has 2 rings (SSSR count). The van der Waals surface area contributed by atoms with Gasteiger partial charge in [-0.15, -0.1) is 0 Å². The number of likely N-dealkylation sites (N-methyl/N-ethyl adjacent to an activating group) is 1. The van der Waals surface area contributed by atoms with Crippen molar-refractivity contribution >= 4 is 23.5 Å². The molecular weight excluding hydrogens is 346 g/mol. The summed E-state index contributed by atoms with van der Waals surface area (Å²) < 4.78 is 0. The van der Waals surface area contributed by atoms with Crippen molar-refractivity contribution in [1.29, 1.82) is 0 Å². The van der Waals surface area contributed by atoms with E-state index in [0.29, 0.717) is 25.4 Å². The fourth-order valence-corrected chi connectivity index (χ4v) is 3.18. The molecule has 1 saturated heterocycles. The van der Waals surface area contributed by atoms with Crippen molar-refractivity contribution in [3.8, 4) is 0 Å². The molecule has 1 heterocycles. The van der Waals surface area contributed by atoms with Gasteiger partial charge in [0.2, 0.25) is 11.8 Å². The molecule has 1 aliphatic rings. The Balaban J connectivity index is 2.10. The van der Waals surface area contributed by atoms with Crippen molar-refractivity contribution in [2.24, 2.45) is 5.92 Å². The Morgan fingerprint density at radius 2 is 1.81 bits per heavy atom. The van der Waals surface area contributed by atoms with Crippen molar-refractivity contribution in [3.63, 3.8) is 0 Å². The molecule has 0 bridgehead atoms. The Labute approximate surface area is 160 Å². The van der Waals surface area contributed by atoms with E-state index in [1.54, 1.807) is 4.90 Å². The smallest absolute Gasteiger partial charge is 0.323 e. The first-order valence-electron chi connectivity index (χ1n) is 9.27. The molecule has 0 radical (unpaired) electrons. The van der Waals surface area contributed by atoms with Crippen LogP contribution in [-0.2, 0) is 14.4 Å². The van der Waals surface area contributed by atoms with Crippen LogP contribution in [0.15, 0.2) is 24.3 Å². The van der Waals surface area contributed by atoms with Crippen LogP contribution in [0.3, 0.4) is 0 Å². The van der Waals surface area contributed by atoms with E-state index in [1.807, 2.05) is 43.3 Å². The summed E-state index contributed by atoms with van der Waals surface area (Å²) in [5, 5.41) is 9.10. The van der Waals surface area contributed by atoms with Gasteiger partial charge in [0.15, 0.2) is 0 Å². The summed E-state index contributed by atoms with van der Waals surface area (Å²) in [6.45, 7) is 5.11. The molecule has 27 heavy (non-hydrogen) atoms. The third kappa shape index (κ3) is 5.29. The number of hydrogen-bond donors (Lipinski definition) is 1. The predicted molar refractivity (Wildman–Crippen MR) is 104 cm³/mol. The quantitative estimate of drug-likeness (QED) is 0.699. The standard InChI is InChI=1S/C20H29N3O4/c1-14(2)15-5-7-16(8-6-15)23-10-9-17(20(23)27)19(26)22(13-18(24)25)12-11-21(3)4/h5-8,14,17H,9-13H2,1-4H3,(H,24,25)/t17-/m1/s1. The molecule has 1 aromatic rings. The molecule has 1 aromatic carbocycles. The second-order valence-corrected chi connectivity index (χ2v) is 7.53. The van der Waals surface area contributed by atoms with E-state index in [-0.39, 0.29) is 19.0 Å². The van der Waals surface area contributed by atoms with Crippen LogP contribution in [0.1, 0.15) is 31.7 Å². The zero-order chi connectivity index (χ0) is 20.1. The van der Waals surface area contributed by atoms with Crippen LogP contribution in [0.5, 0.6) is 0 Å². The van der Waals surface area contributed by atoms with Gasteiger partial charge in [0.25, 0.3) is 0 Å². The first-order chi connectivity index (χ1) is 12.7. The summed E-state index contributed by atoms with van der Waals surface area (Å²) in [5.41, 5.74) is 1.96. The topological polar surface area (TPSA) is 81.2 Å². The number of aliphatic carboxylic acids is 1. The van der Waals surface area contributed by atoms with Crippen LogP contribution in [0.4, 0.5) is 5.69 Å². The fourth-order valence-electron chi connectivity index (χ4n) is 3.18. The van der Waals surface area contributed by atoms with E-state index in [4.69, 9.17) is 5.11 Å². The second kappa shape index (κ2) is 8.99. The molecule has 1 fully saturated rings. The number of amides is 2. The summed E-state index contributed by atoms with van der Waals surface area (Å²) in [6.07, 6.45) is 0.404. The van der Waals surface area contributed by atoms with Crippen LogP contribution >= 0.6 is 0 Å². The Bertz CT molecular complexity index is 685. The van der Waals surface area contributed by atoms with E-state index < -0.39 is 17.8 Å². The number of rotatable bonds is 8. The highest BCUT2D eigenvalue weighted by Gasteiger charge is 2.40. The average molecular weight is 375 g/mol. The number of carboxylic acids is 1. The van der Waals surface area contributed by atoms with Gasteiger partial charge in [-0.1, -0.05) is 26.0 Å². The maximum Gasteiger partial charge on any atom is 0.323 e. The summed E-state index contributed by atoms with van der Waals surface area (Å²) in [4.78, 5) is 41.5. The van der Waals surface area contributed by atoms with Gasteiger partial charge in [0.1, 0.15) is 12.5 Å². The van der Waals surface area contributed by atoms with Crippen LogP contribution in [0.25, 0.3) is 0 Å². The number of carbonyl (C=O) groups excluding carboxylic acids is 2. The summed E-state index contributed by atoms with van der Waals surface area (Å²) in [7, 11) is 3.71. The van der Waals surface area contributed by atoms with Crippen molar-refractivity contribution in [2.45, 2.75) is 26.2 Å². The maximum absolute atomic E-state index is 12.8. The van der Waals surface area contributed by atoms with Gasteiger partial charge in [-0.05, 0) is 44.1 Å². The second-order valence-electron chi connectivity index (χ2n) is 7.53. The van der Waals surface area contributed by atoms with Crippen molar-refractivity contribution in [3.05, 3.63) is 29.8 Å². The minimum Gasteiger partial charge on any atom is -0.480 e. The van der Waals surface area contributed by atoms with Gasteiger partial charge >= 0.3 is 5.97 Å². The third-order valence-electron chi connectivity index (χ3n) is 4.83. The molecule has 1 N–H and O–H groups in total. The van der Waals surface area contributed by atoms with Crippen molar-refractivity contribution in [2.75, 3.05) is 45.2 Å². The van der Waals surface area contributed by atoms with E-state index in [9.17, 15) is 14.4 Å². The first kappa shape index (κ1) is 20.9. The van der Waals surface area contributed by atoms with E-state index in [1.165, 1.54) is 10.5 Å². The Morgan fingerprint density at radius 3 is 2.33 bits per heavy atom. The van der Waals surface area contributed by atoms with Gasteiger partial charge in [-0.2, -0.15) is 0 Å². The number of carboxylic acid groups (broad SMARTS) is 1. The lowest BCUT2D eigenvalue weighted by Gasteiger charge is -2.25. The molecule has 1 atom stereocenters. The normalized spacial score (nSPS) is 17.0. The maximum atomic E-state index is 12.8. The Kier molecular flexibility index (Phi) is 6.96. The predicted octanol–water partition coefficient (Wildman–Crippen LogP) is 1.64. The van der Waals surface area contributed by atoms with Crippen molar-refractivity contribution < 1.29 is 19.5 Å². The number of benzene rings is 1. The van der Waals surface area contributed by atoms with E-state index in [2.05, 4.69) is 13.8 Å². The molecule has 0 spiro atoms. The summed E-state index contributed by atoms with van der Waals surface area (Å²) >= 11 is 0. The van der Waals surface area contributed by atoms with Crippen LogP contribution in [-0.4, -0.2) is 73.0 Å². The minimum atomic E-state index is -1.08. The molecule has 7 heteroatoms. The summed E-state index contributed by atoms with van der Waals surface area (Å²) in [6, 6.07) is 7.80. The third-order valence-corrected chi connectivity index (χ3v) is 4.83. The van der Waals surface area contributed by atoms with E-state index >= 15 is 0 Å². The number of nitrogens with zero attached hydrogens (tertiary/aromatic N) is 3. The molecule has 7 nitrogen and oxygen atoms in total. The largest absolute Gasteiger partial charge is 0.480 e. The molecule has 1 aliphatic heterocycles. The van der Waals surface area contributed by atoms with Crippen molar-refractivity contribution in [1.82, 2.24) is 9.80 Å². The van der Waals surface area contributed by atoms with Gasteiger partial charge in [0.05, 0.1) is 0 Å². The molecule has 0 aromatic heterocycles. The zero-order valence-corrected chi connectivity index (χ0v) is 16.5. The monoisotopic (exact) mass is 375 g/mol. The molecule has 2 amide bonds. The van der Waals surface area contributed by atoms with Gasteiger partial charge in [-0.25, -0.2) is 0 Å². The first-order valence-corrected chi connectivity index (χ1v) is 9.27. The minimum absolute atomic E-state index is 0.252. The number of anilines is 1. The lowest BCUT2D eigenvalue weighted by atomic mass is 10.0. The number of hydrogen-bond acceptors (Lipinski definition) is 4. The summed E-state index contributed by atoms with van der Waals surface area (Å²) in [5.74, 6) is -2.13. The van der Waals surface area contributed by atoms with Gasteiger partial charge < -0.3 is 19.8 Å². The average Bonchev–Trinajstić information content (AvgIpc) is 2.99. The highest BCUT2D eigenvalue weighted by atomic mass is 16.4. The fraction of sp³-hybridized carbons (Fsp3) is 0.550. The van der Waals surface area contributed by atoms with Crippen LogP contribution in [0.2, 0.25) is 0 Å². The molecule has 0 saturated carbocycles. The van der Waals surface area contributed by atoms with E-state index in [0.717, 1.165) is 5.69 Å². The Morgan fingerprint density at radius 1 is 1.19 bits per heavy atom. The lowest BCUT2D eigenvalue weighted by Crippen LogP contribution is -2.45. The molecule has 0 aliphatic carbocycles.